The van der Waals surface area contributed by atoms with Crippen LogP contribution < -0.4 is 5.32 Å². The lowest BCUT2D eigenvalue weighted by Crippen LogP contribution is -2.23. The molecular formula is C10H15N3. The number of rotatable bonds is 2. The number of anilines is 1. The molecule has 1 aromatic rings. The molecule has 0 aliphatic carbocycles. The number of pyridine rings is 1. The Balaban J connectivity index is 1.92. The van der Waals surface area contributed by atoms with E-state index in [9.17, 15) is 0 Å². The summed E-state index contributed by atoms with van der Waals surface area (Å²) in [6, 6.07) is 6.53. The fourth-order valence-corrected chi connectivity index (χ4v) is 1.71. The predicted octanol–water partition coefficient (Wildman–Crippen LogP) is 1.20. The van der Waals surface area contributed by atoms with Gasteiger partial charge in [-0.1, -0.05) is 6.07 Å². The molecule has 1 aromatic heterocycles. The van der Waals surface area contributed by atoms with Crippen molar-refractivity contribution in [2.75, 3.05) is 25.5 Å². The number of nitrogens with one attached hydrogen (secondary N) is 1. The molecule has 3 heteroatoms. The summed E-state index contributed by atoms with van der Waals surface area (Å²) in [5.41, 5.74) is 0. The van der Waals surface area contributed by atoms with Gasteiger partial charge in [-0.2, -0.15) is 0 Å². The zero-order valence-corrected chi connectivity index (χ0v) is 7.90. The molecule has 0 aromatic carbocycles. The first-order chi connectivity index (χ1) is 6.34. The Morgan fingerprint density at radius 1 is 1.54 bits per heavy atom. The van der Waals surface area contributed by atoms with Gasteiger partial charge in [0.2, 0.25) is 0 Å². The third kappa shape index (κ3) is 2.18. The number of hydrogen-bond acceptors (Lipinski definition) is 3. The molecule has 1 N–H and O–H groups in total. The minimum atomic E-state index is 0.569. The van der Waals surface area contributed by atoms with Gasteiger partial charge in [0.25, 0.3) is 0 Å². The van der Waals surface area contributed by atoms with E-state index in [1.54, 1.807) is 0 Å². The van der Waals surface area contributed by atoms with Crippen LogP contribution in [0.4, 0.5) is 5.82 Å². The first kappa shape index (κ1) is 8.51. The van der Waals surface area contributed by atoms with Crippen LogP contribution in [0.2, 0.25) is 0 Å². The van der Waals surface area contributed by atoms with Crippen LogP contribution in [-0.2, 0) is 0 Å². The van der Waals surface area contributed by atoms with Crippen molar-refractivity contribution in [1.82, 2.24) is 9.88 Å². The van der Waals surface area contributed by atoms with Gasteiger partial charge < -0.3 is 10.2 Å². The molecule has 2 rings (SSSR count). The minimum Gasteiger partial charge on any atom is -0.366 e. The van der Waals surface area contributed by atoms with Gasteiger partial charge in [-0.25, -0.2) is 4.98 Å². The molecule has 0 bridgehead atoms. The van der Waals surface area contributed by atoms with Crippen LogP contribution in [0.5, 0.6) is 0 Å². The molecular weight excluding hydrogens is 162 g/mol. The van der Waals surface area contributed by atoms with E-state index in [4.69, 9.17) is 0 Å². The Kier molecular flexibility index (Phi) is 2.45. The molecule has 0 radical (unpaired) electrons. The summed E-state index contributed by atoms with van der Waals surface area (Å²) in [7, 11) is 2.15. The third-order valence-electron chi connectivity index (χ3n) is 2.41. The smallest absolute Gasteiger partial charge is 0.126 e. The molecule has 1 aliphatic rings. The number of likely N-dealkylation sites (N-methyl/N-ethyl adjacent to an activating group) is 1. The Morgan fingerprint density at radius 2 is 2.46 bits per heavy atom. The highest BCUT2D eigenvalue weighted by atomic mass is 15.2. The fraction of sp³-hybridized carbons (Fsp3) is 0.500. The molecule has 1 aliphatic heterocycles. The highest BCUT2D eigenvalue weighted by molar-refractivity contribution is 5.34. The molecule has 3 nitrogen and oxygen atoms in total. The van der Waals surface area contributed by atoms with Crippen molar-refractivity contribution in [2.45, 2.75) is 12.5 Å². The molecule has 1 atom stereocenters. The molecule has 13 heavy (non-hydrogen) atoms. The Morgan fingerprint density at radius 3 is 3.08 bits per heavy atom. The standard InChI is InChI=1S/C10H15N3/c1-13-7-5-9(8-13)12-10-4-2-3-6-11-10/h2-4,6,9H,5,7-8H2,1H3,(H,11,12)/t9-/m1/s1. The van der Waals surface area contributed by atoms with Crippen molar-refractivity contribution >= 4 is 5.82 Å². The van der Waals surface area contributed by atoms with Gasteiger partial charge in [0, 0.05) is 18.8 Å². The maximum absolute atomic E-state index is 4.24. The van der Waals surface area contributed by atoms with E-state index < -0.39 is 0 Å². The summed E-state index contributed by atoms with van der Waals surface area (Å²) in [4.78, 5) is 6.57. The first-order valence-electron chi connectivity index (χ1n) is 4.71. The van der Waals surface area contributed by atoms with E-state index in [1.165, 1.54) is 13.0 Å². The lowest BCUT2D eigenvalue weighted by atomic mass is 10.2. The number of hydrogen-bond donors (Lipinski definition) is 1. The summed E-state index contributed by atoms with van der Waals surface area (Å²) in [6.45, 7) is 2.31. The monoisotopic (exact) mass is 177 g/mol. The Hall–Kier alpha value is -1.09. The van der Waals surface area contributed by atoms with Gasteiger partial charge >= 0.3 is 0 Å². The van der Waals surface area contributed by atoms with Crippen LogP contribution in [0.25, 0.3) is 0 Å². The third-order valence-corrected chi connectivity index (χ3v) is 2.41. The zero-order chi connectivity index (χ0) is 9.10. The van der Waals surface area contributed by atoms with Gasteiger partial charge in [0.1, 0.15) is 5.82 Å². The van der Waals surface area contributed by atoms with Crippen LogP contribution in [0.1, 0.15) is 6.42 Å². The van der Waals surface area contributed by atoms with Crippen molar-refractivity contribution in [1.29, 1.82) is 0 Å². The van der Waals surface area contributed by atoms with Crippen LogP contribution in [0.3, 0.4) is 0 Å². The summed E-state index contributed by atoms with van der Waals surface area (Å²) in [5, 5.41) is 3.42. The topological polar surface area (TPSA) is 28.2 Å². The first-order valence-corrected chi connectivity index (χ1v) is 4.71. The van der Waals surface area contributed by atoms with Crippen molar-refractivity contribution in [3.05, 3.63) is 24.4 Å². The summed E-state index contributed by atoms with van der Waals surface area (Å²) in [5.74, 6) is 0.989. The van der Waals surface area contributed by atoms with Gasteiger partial charge in [-0.3, -0.25) is 0 Å². The predicted molar refractivity (Wildman–Crippen MR) is 53.8 cm³/mol. The average molecular weight is 177 g/mol. The van der Waals surface area contributed by atoms with E-state index in [-0.39, 0.29) is 0 Å². The molecule has 70 valence electrons. The summed E-state index contributed by atoms with van der Waals surface area (Å²) < 4.78 is 0. The Bertz CT molecular complexity index is 260. The maximum Gasteiger partial charge on any atom is 0.126 e. The van der Waals surface area contributed by atoms with Crippen molar-refractivity contribution in [2.24, 2.45) is 0 Å². The highest BCUT2D eigenvalue weighted by Crippen LogP contribution is 2.11. The second-order valence-corrected chi connectivity index (χ2v) is 3.61. The van der Waals surface area contributed by atoms with Gasteiger partial charge in [0.05, 0.1) is 0 Å². The van der Waals surface area contributed by atoms with Crippen molar-refractivity contribution in [3.8, 4) is 0 Å². The second kappa shape index (κ2) is 3.75. The number of nitrogens with zero attached hydrogens (tertiary/aromatic N) is 2. The van der Waals surface area contributed by atoms with E-state index >= 15 is 0 Å². The molecule has 2 heterocycles. The Labute approximate surface area is 78.8 Å². The largest absolute Gasteiger partial charge is 0.366 e. The molecule has 1 saturated heterocycles. The molecule has 0 unspecified atom stereocenters. The van der Waals surface area contributed by atoms with E-state index in [1.807, 2.05) is 24.4 Å². The number of aromatic nitrogens is 1. The highest BCUT2D eigenvalue weighted by Gasteiger charge is 2.18. The summed E-state index contributed by atoms with van der Waals surface area (Å²) in [6.07, 6.45) is 3.04. The normalized spacial score (nSPS) is 23.3. The van der Waals surface area contributed by atoms with E-state index in [2.05, 4.69) is 22.2 Å². The van der Waals surface area contributed by atoms with Gasteiger partial charge in [0.15, 0.2) is 0 Å². The molecule has 0 amide bonds. The number of likely N-dealkylation sites (tertiary alicyclic amines) is 1. The van der Waals surface area contributed by atoms with Crippen molar-refractivity contribution in [3.63, 3.8) is 0 Å². The second-order valence-electron chi connectivity index (χ2n) is 3.61. The molecule has 1 fully saturated rings. The average Bonchev–Trinajstić information content (AvgIpc) is 2.53. The van der Waals surface area contributed by atoms with Gasteiger partial charge in [-0.05, 0) is 32.1 Å². The molecule has 0 spiro atoms. The van der Waals surface area contributed by atoms with Crippen LogP contribution in [0.15, 0.2) is 24.4 Å². The molecule has 0 saturated carbocycles. The van der Waals surface area contributed by atoms with E-state index in [0.29, 0.717) is 6.04 Å². The quantitative estimate of drug-likeness (QED) is 0.735. The SMILES string of the molecule is CN1CC[C@@H](Nc2ccccn2)C1. The zero-order valence-electron chi connectivity index (χ0n) is 7.90. The van der Waals surface area contributed by atoms with Crippen LogP contribution in [0, 0.1) is 0 Å². The lowest BCUT2D eigenvalue weighted by Gasteiger charge is -2.12. The summed E-state index contributed by atoms with van der Waals surface area (Å²) >= 11 is 0. The van der Waals surface area contributed by atoms with Crippen LogP contribution in [-0.4, -0.2) is 36.1 Å². The fourth-order valence-electron chi connectivity index (χ4n) is 1.71. The van der Waals surface area contributed by atoms with Crippen molar-refractivity contribution < 1.29 is 0 Å². The van der Waals surface area contributed by atoms with Gasteiger partial charge in [-0.15, -0.1) is 0 Å². The maximum atomic E-state index is 4.24. The van der Waals surface area contributed by atoms with Crippen LogP contribution >= 0.6 is 0 Å². The van der Waals surface area contributed by atoms with E-state index in [0.717, 1.165) is 12.4 Å². The lowest BCUT2D eigenvalue weighted by molar-refractivity contribution is 0.414. The minimum absolute atomic E-state index is 0.569.